The minimum Gasteiger partial charge on any atom is -0.354 e. The van der Waals surface area contributed by atoms with Crippen LogP contribution in [-0.2, 0) is 4.79 Å². The van der Waals surface area contributed by atoms with Crippen molar-refractivity contribution >= 4 is 59.0 Å². The molecule has 0 radical (unpaired) electrons. The first-order chi connectivity index (χ1) is 10.9. The van der Waals surface area contributed by atoms with Gasteiger partial charge in [-0.3, -0.25) is 4.79 Å². The molecular weight excluding hydrogens is 462 g/mol. The lowest BCUT2D eigenvalue weighted by atomic mass is 10.1. The summed E-state index contributed by atoms with van der Waals surface area (Å²) in [6.45, 7) is 2.10. The quantitative estimate of drug-likeness (QED) is 0.382. The highest BCUT2D eigenvalue weighted by molar-refractivity contribution is 14.0. The summed E-state index contributed by atoms with van der Waals surface area (Å²) in [5, 5.41) is 7.82. The van der Waals surface area contributed by atoms with Crippen molar-refractivity contribution in [2.45, 2.75) is 31.8 Å². The summed E-state index contributed by atoms with van der Waals surface area (Å²) in [6, 6.07) is 5.80. The molecule has 2 N–H and O–H groups in total. The van der Waals surface area contributed by atoms with Crippen LogP contribution in [0.2, 0.25) is 10.0 Å². The monoisotopic (exact) mass is 484 g/mol. The lowest BCUT2D eigenvalue weighted by molar-refractivity contribution is -0.127. The van der Waals surface area contributed by atoms with E-state index in [9.17, 15) is 4.79 Å². The zero-order chi connectivity index (χ0) is 17.0. The minimum absolute atomic E-state index is 0. The number of nitrogens with zero attached hydrogens (tertiary/aromatic N) is 2. The summed E-state index contributed by atoms with van der Waals surface area (Å²) in [4.78, 5) is 17.6. The molecular formula is C16H23Cl2IN4O. The molecule has 24 heavy (non-hydrogen) atoms. The average Bonchev–Trinajstić information content (AvgIpc) is 3.27. The Morgan fingerprint density at radius 2 is 2.04 bits per heavy atom. The van der Waals surface area contributed by atoms with Gasteiger partial charge in [-0.05, 0) is 37.5 Å². The number of guanidine groups is 1. The second-order valence-electron chi connectivity index (χ2n) is 5.90. The van der Waals surface area contributed by atoms with E-state index in [4.69, 9.17) is 23.2 Å². The third-order valence-corrected chi connectivity index (χ3v) is 4.13. The van der Waals surface area contributed by atoms with Gasteiger partial charge in [0.25, 0.3) is 0 Å². The summed E-state index contributed by atoms with van der Waals surface area (Å²) in [5.41, 5.74) is 0.931. The van der Waals surface area contributed by atoms with E-state index < -0.39 is 0 Å². The highest BCUT2D eigenvalue weighted by Crippen LogP contribution is 2.26. The number of carbonyl (C=O) groups excluding carboxylic acids is 1. The van der Waals surface area contributed by atoms with E-state index in [0.29, 0.717) is 22.0 Å². The summed E-state index contributed by atoms with van der Waals surface area (Å²) in [5.74, 6) is 0.584. The normalized spacial score (nSPS) is 15.3. The van der Waals surface area contributed by atoms with Gasteiger partial charge in [-0.1, -0.05) is 29.3 Å². The van der Waals surface area contributed by atoms with Crippen LogP contribution in [0.1, 0.15) is 31.4 Å². The zero-order valence-corrected chi connectivity index (χ0v) is 17.8. The predicted molar refractivity (Wildman–Crippen MR) is 111 cm³/mol. The van der Waals surface area contributed by atoms with Gasteiger partial charge in [0.05, 0.1) is 6.04 Å². The number of nitrogens with one attached hydrogen (secondary N) is 2. The largest absolute Gasteiger partial charge is 0.354 e. The molecule has 0 heterocycles. The maximum atomic E-state index is 11.7. The van der Waals surface area contributed by atoms with Gasteiger partial charge < -0.3 is 15.5 Å². The van der Waals surface area contributed by atoms with E-state index in [-0.39, 0.29) is 42.5 Å². The van der Waals surface area contributed by atoms with E-state index in [0.717, 1.165) is 18.4 Å². The minimum atomic E-state index is -0.0563. The fraction of sp³-hybridized carbons (Fsp3) is 0.500. The van der Waals surface area contributed by atoms with Crippen molar-refractivity contribution in [1.29, 1.82) is 0 Å². The summed E-state index contributed by atoms with van der Waals surface area (Å²) < 4.78 is 0. The molecule has 1 fully saturated rings. The highest BCUT2D eigenvalue weighted by atomic mass is 127. The number of aliphatic imine (C=N–C) groups is 1. The Hall–Kier alpha value is -0.730. The lowest BCUT2D eigenvalue weighted by Crippen LogP contribution is -2.41. The summed E-state index contributed by atoms with van der Waals surface area (Å²) in [7, 11) is 3.44. The number of likely N-dealkylation sites (N-methyl/N-ethyl adjacent to an activating group) is 1. The molecule has 1 unspecified atom stereocenters. The molecule has 1 aliphatic carbocycles. The van der Waals surface area contributed by atoms with Gasteiger partial charge in [0, 0.05) is 30.2 Å². The van der Waals surface area contributed by atoms with Crippen LogP contribution in [0.3, 0.4) is 0 Å². The van der Waals surface area contributed by atoms with Gasteiger partial charge in [-0.15, -0.1) is 24.0 Å². The molecule has 134 valence electrons. The number of hydrogen-bond acceptors (Lipinski definition) is 2. The smallest absolute Gasteiger partial charge is 0.243 e. The SMILES string of the molecule is CC(NC(=NCC(=O)N(C)C)NC1CC1)c1ccc(Cl)cc1Cl.I. The fourth-order valence-corrected chi connectivity index (χ4v) is 2.55. The molecule has 0 bridgehead atoms. The number of amides is 1. The third-order valence-electron chi connectivity index (χ3n) is 3.57. The Kier molecular flexibility index (Phi) is 8.59. The van der Waals surface area contributed by atoms with Gasteiger partial charge in [-0.2, -0.15) is 0 Å². The maximum absolute atomic E-state index is 11.7. The topological polar surface area (TPSA) is 56.7 Å². The van der Waals surface area contributed by atoms with E-state index >= 15 is 0 Å². The molecule has 1 aromatic rings. The number of hydrogen-bond donors (Lipinski definition) is 2. The molecule has 1 atom stereocenters. The third kappa shape index (κ3) is 6.64. The first-order valence-electron chi connectivity index (χ1n) is 7.59. The first-order valence-corrected chi connectivity index (χ1v) is 8.35. The molecule has 0 saturated heterocycles. The fourth-order valence-electron chi connectivity index (χ4n) is 1.98. The second-order valence-corrected chi connectivity index (χ2v) is 6.75. The van der Waals surface area contributed by atoms with Crippen molar-refractivity contribution in [1.82, 2.24) is 15.5 Å². The Labute approximate surface area is 170 Å². The van der Waals surface area contributed by atoms with E-state index in [1.54, 1.807) is 20.2 Å². The zero-order valence-electron chi connectivity index (χ0n) is 14.0. The standard InChI is InChI=1S/C16H22Cl2N4O.HI/c1-10(13-7-4-11(17)8-14(13)18)20-16(21-12-5-6-12)19-9-15(23)22(2)3;/h4,7-8,10,12H,5-6,9H2,1-3H3,(H2,19,20,21);1H. The van der Waals surface area contributed by atoms with Crippen LogP contribution in [0.25, 0.3) is 0 Å². The van der Waals surface area contributed by atoms with Gasteiger partial charge in [0.15, 0.2) is 5.96 Å². The van der Waals surface area contributed by atoms with Crippen molar-refractivity contribution < 1.29 is 4.79 Å². The molecule has 0 aromatic heterocycles. The molecule has 0 aliphatic heterocycles. The number of halogens is 3. The first kappa shape index (κ1) is 21.3. The molecule has 0 spiro atoms. The summed E-state index contributed by atoms with van der Waals surface area (Å²) in [6.07, 6.45) is 2.25. The van der Waals surface area contributed by atoms with Crippen LogP contribution in [0.5, 0.6) is 0 Å². The average molecular weight is 485 g/mol. The van der Waals surface area contributed by atoms with Crippen LogP contribution in [0, 0.1) is 0 Å². The van der Waals surface area contributed by atoms with Crippen molar-refractivity contribution in [3.8, 4) is 0 Å². The van der Waals surface area contributed by atoms with E-state index in [1.807, 2.05) is 19.1 Å². The maximum Gasteiger partial charge on any atom is 0.243 e. The van der Waals surface area contributed by atoms with E-state index in [2.05, 4.69) is 15.6 Å². The Morgan fingerprint density at radius 1 is 1.38 bits per heavy atom. The molecule has 1 aromatic carbocycles. The van der Waals surface area contributed by atoms with Gasteiger partial charge in [0.2, 0.25) is 5.91 Å². The van der Waals surface area contributed by atoms with Gasteiger partial charge in [-0.25, -0.2) is 4.99 Å². The van der Waals surface area contributed by atoms with Crippen molar-refractivity contribution in [3.05, 3.63) is 33.8 Å². The molecule has 1 amide bonds. The molecule has 1 aliphatic rings. The van der Waals surface area contributed by atoms with Crippen molar-refractivity contribution in [2.75, 3.05) is 20.6 Å². The highest BCUT2D eigenvalue weighted by Gasteiger charge is 2.23. The van der Waals surface area contributed by atoms with Crippen LogP contribution in [0.4, 0.5) is 0 Å². The van der Waals surface area contributed by atoms with Crippen LogP contribution in [0.15, 0.2) is 23.2 Å². The number of carbonyl (C=O) groups is 1. The molecule has 8 heteroatoms. The molecule has 1 saturated carbocycles. The van der Waals surface area contributed by atoms with Crippen LogP contribution >= 0.6 is 47.2 Å². The van der Waals surface area contributed by atoms with Gasteiger partial charge in [0.1, 0.15) is 6.54 Å². The summed E-state index contributed by atoms with van der Waals surface area (Å²) >= 11 is 12.2. The van der Waals surface area contributed by atoms with Crippen molar-refractivity contribution in [3.63, 3.8) is 0 Å². The van der Waals surface area contributed by atoms with Crippen LogP contribution < -0.4 is 10.6 Å². The van der Waals surface area contributed by atoms with E-state index in [1.165, 1.54) is 4.90 Å². The number of benzene rings is 1. The predicted octanol–water partition coefficient (Wildman–Crippen LogP) is 3.46. The Balaban J connectivity index is 0.00000288. The second kappa shape index (κ2) is 9.68. The Morgan fingerprint density at radius 3 is 2.58 bits per heavy atom. The lowest BCUT2D eigenvalue weighted by Gasteiger charge is -2.20. The van der Waals surface area contributed by atoms with Crippen LogP contribution in [-0.4, -0.2) is 43.4 Å². The van der Waals surface area contributed by atoms with Crippen molar-refractivity contribution in [2.24, 2.45) is 4.99 Å². The Bertz CT molecular complexity index is 606. The number of rotatable bonds is 5. The van der Waals surface area contributed by atoms with Gasteiger partial charge >= 0.3 is 0 Å². The molecule has 5 nitrogen and oxygen atoms in total. The molecule has 2 rings (SSSR count).